The van der Waals surface area contributed by atoms with Gasteiger partial charge < -0.3 is 5.11 Å². The monoisotopic (exact) mass is 375 g/mol. The van der Waals surface area contributed by atoms with Crippen LogP contribution in [0.5, 0.6) is 0 Å². The summed E-state index contributed by atoms with van der Waals surface area (Å²) in [6.45, 7) is 1.84. The Morgan fingerprint density at radius 3 is 2.65 bits per heavy atom. The molecule has 2 aromatic rings. The van der Waals surface area contributed by atoms with Crippen molar-refractivity contribution < 1.29 is 18.3 Å². The molecule has 0 fully saturated rings. The van der Waals surface area contributed by atoms with E-state index in [-0.39, 0.29) is 9.77 Å². The summed E-state index contributed by atoms with van der Waals surface area (Å²) in [6.07, 6.45) is 0. The topological polar surface area (TPSA) is 83.5 Å². The summed E-state index contributed by atoms with van der Waals surface area (Å²) < 4.78 is 27.4. The zero-order chi connectivity index (χ0) is 14.9. The van der Waals surface area contributed by atoms with Gasteiger partial charge in [0.25, 0.3) is 10.0 Å². The van der Waals surface area contributed by atoms with Crippen molar-refractivity contribution in [3.8, 4) is 0 Å². The molecule has 2 rings (SSSR count). The number of sulfonamides is 1. The maximum atomic E-state index is 12.2. The van der Waals surface area contributed by atoms with Crippen LogP contribution in [0.25, 0.3) is 0 Å². The third-order valence-corrected chi connectivity index (χ3v) is 5.57. The normalized spacial score (nSPS) is 11.3. The standard InChI is InChI=1S/C12H10BrNO4S2/c1-7-2-3-9(13)10(4-7)14-20(17,18)8-5-11(12(15)16)19-6-8/h2-6,14H,1H3,(H,15,16). The number of benzene rings is 1. The Hall–Kier alpha value is -1.38. The number of carboxylic acid groups (broad SMARTS) is 1. The molecular weight excluding hydrogens is 366 g/mol. The zero-order valence-electron chi connectivity index (χ0n) is 10.3. The highest BCUT2D eigenvalue weighted by molar-refractivity contribution is 9.10. The molecule has 0 bridgehead atoms. The molecule has 20 heavy (non-hydrogen) atoms. The lowest BCUT2D eigenvalue weighted by molar-refractivity contribution is 0.0702. The van der Waals surface area contributed by atoms with E-state index >= 15 is 0 Å². The van der Waals surface area contributed by atoms with Crippen LogP contribution in [0.1, 0.15) is 15.2 Å². The molecule has 0 spiro atoms. The van der Waals surface area contributed by atoms with Crippen LogP contribution in [0, 0.1) is 6.92 Å². The second kappa shape index (κ2) is 5.55. The van der Waals surface area contributed by atoms with Crippen molar-refractivity contribution in [2.24, 2.45) is 0 Å². The predicted octanol–water partition coefficient (Wildman–Crippen LogP) is 3.32. The van der Waals surface area contributed by atoms with Gasteiger partial charge in [0.15, 0.2) is 0 Å². The Bertz CT molecular complexity index is 768. The van der Waals surface area contributed by atoms with Crippen molar-refractivity contribution in [3.05, 3.63) is 44.6 Å². The van der Waals surface area contributed by atoms with E-state index in [9.17, 15) is 13.2 Å². The molecule has 0 radical (unpaired) electrons. The third-order valence-electron chi connectivity index (χ3n) is 2.46. The van der Waals surface area contributed by atoms with E-state index in [1.54, 1.807) is 12.1 Å². The van der Waals surface area contributed by atoms with Crippen LogP contribution in [-0.2, 0) is 10.0 Å². The molecule has 8 heteroatoms. The second-order valence-corrected chi connectivity index (χ2v) is 7.49. The molecule has 0 aliphatic carbocycles. The van der Waals surface area contributed by atoms with E-state index < -0.39 is 16.0 Å². The third kappa shape index (κ3) is 3.20. The second-order valence-electron chi connectivity index (χ2n) is 4.04. The lowest BCUT2D eigenvalue weighted by Gasteiger charge is -2.09. The molecule has 106 valence electrons. The molecule has 0 amide bonds. The van der Waals surface area contributed by atoms with E-state index in [1.165, 1.54) is 5.38 Å². The number of nitrogens with one attached hydrogen (secondary N) is 1. The number of aryl methyl sites for hydroxylation is 1. The van der Waals surface area contributed by atoms with Gasteiger partial charge in [-0.2, -0.15) is 0 Å². The van der Waals surface area contributed by atoms with Gasteiger partial charge in [0.05, 0.1) is 10.6 Å². The van der Waals surface area contributed by atoms with Crippen molar-refractivity contribution in [1.29, 1.82) is 0 Å². The van der Waals surface area contributed by atoms with Crippen molar-refractivity contribution in [1.82, 2.24) is 0 Å². The van der Waals surface area contributed by atoms with E-state index in [1.807, 2.05) is 13.0 Å². The summed E-state index contributed by atoms with van der Waals surface area (Å²) in [7, 11) is -3.80. The van der Waals surface area contributed by atoms with Gasteiger partial charge in [-0.1, -0.05) is 6.07 Å². The lowest BCUT2D eigenvalue weighted by Crippen LogP contribution is -2.12. The maximum absolute atomic E-state index is 12.2. The van der Waals surface area contributed by atoms with Crippen molar-refractivity contribution in [2.75, 3.05) is 4.72 Å². The van der Waals surface area contributed by atoms with Crippen LogP contribution in [0.3, 0.4) is 0 Å². The van der Waals surface area contributed by atoms with Gasteiger partial charge >= 0.3 is 5.97 Å². The van der Waals surface area contributed by atoms with Gasteiger partial charge in [-0.05, 0) is 46.6 Å². The minimum atomic E-state index is -3.80. The molecular formula is C12H10BrNO4S2. The predicted molar refractivity (Wildman–Crippen MR) is 81.0 cm³/mol. The minimum absolute atomic E-state index is 0.0197. The van der Waals surface area contributed by atoms with Crippen LogP contribution < -0.4 is 4.72 Å². The molecule has 2 N–H and O–H groups in total. The first-order chi connectivity index (χ1) is 9.29. The quantitative estimate of drug-likeness (QED) is 0.858. The summed E-state index contributed by atoms with van der Waals surface area (Å²) in [4.78, 5) is 10.7. The molecule has 5 nitrogen and oxygen atoms in total. The highest BCUT2D eigenvalue weighted by atomic mass is 79.9. The summed E-state index contributed by atoms with van der Waals surface area (Å²) in [5.41, 5.74) is 1.32. The number of rotatable bonds is 4. The summed E-state index contributed by atoms with van der Waals surface area (Å²) in [5, 5.41) is 10.1. The Morgan fingerprint density at radius 1 is 1.35 bits per heavy atom. The Labute approximate surface area is 128 Å². The molecule has 0 aliphatic rings. The number of hydrogen-bond donors (Lipinski definition) is 2. The fourth-order valence-corrected chi connectivity index (χ4v) is 4.15. The first-order valence-electron chi connectivity index (χ1n) is 5.40. The highest BCUT2D eigenvalue weighted by Crippen LogP contribution is 2.27. The van der Waals surface area contributed by atoms with E-state index in [2.05, 4.69) is 20.7 Å². The van der Waals surface area contributed by atoms with Crippen molar-refractivity contribution >= 4 is 48.9 Å². The van der Waals surface area contributed by atoms with Gasteiger partial charge in [-0.25, -0.2) is 13.2 Å². The summed E-state index contributed by atoms with van der Waals surface area (Å²) in [6, 6.07) is 6.41. The minimum Gasteiger partial charge on any atom is -0.477 e. The van der Waals surface area contributed by atoms with Gasteiger partial charge in [0.1, 0.15) is 4.88 Å². The summed E-state index contributed by atoms with van der Waals surface area (Å²) in [5.74, 6) is -1.15. The lowest BCUT2D eigenvalue weighted by atomic mass is 10.2. The van der Waals surface area contributed by atoms with E-state index in [0.717, 1.165) is 23.0 Å². The number of anilines is 1. The number of thiophene rings is 1. The largest absolute Gasteiger partial charge is 0.477 e. The first kappa shape index (κ1) is 15.0. The van der Waals surface area contributed by atoms with Crippen LogP contribution in [0.15, 0.2) is 39.0 Å². The molecule has 1 heterocycles. The molecule has 1 aromatic heterocycles. The van der Waals surface area contributed by atoms with Crippen LogP contribution >= 0.6 is 27.3 Å². The zero-order valence-corrected chi connectivity index (χ0v) is 13.5. The average molecular weight is 376 g/mol. The fraction of sp³-hybridized carbons (Fsp3) is 0.0833. The molecule has 0 aliphatic heterocycles. The van der Waals surface area contributed by atoms with Crippen molar-refractivity contribution in [2.45, 2.75) is 11.8 Å². The number of carboxylic acids is 1. The number of halogens is 1. The number of hydrogen-bond acceptors (Lipinski definition) is 4. The maximum Gasteiger partial charge on any atom is 0.345 e. The molecule has 1 aromatic carbocycles. The van der Waals surface area contributed by atoms with Crippen LogP contribution in [-0.4, -0.2) is 19.5 Å². The van der Waals surface area contributed by atoms with Crippen LogP contribution in [0.2, 0.25) is 0 Å². The Morgan fingerprint density at radius 2 is 2.05 bits per heavy atom. The smallest absolute Gasteiger partial charge is 0.345 e. The number of aromatic carboxylic acids is 1. The molecule has 0 atom stereocenters. The molecule has 0 saturated heterocycles. The molecule has 0 unspecified atom stereocenters. The van der Waals surface area contributed by atoms with E-state index in [0.29, 0.717) is 10.2 Å². The van der Waals surface area contributed by atoms with Gasteiger partial charge in [0, 0.05) is 9.85 Å². The Balaban J connectivity index is 2.35. The van der Waals surface area contributed by atoms with Gasteiger partial charge in [-0.3, -0.25) is 4.72 Å². The van der Waals surface area contributed by atoms with Crippen molar-refractivity contribution in [3.63, 3.8) is 0 Å². The SMILES string of the molecule is Cc1ccc(Br)c(NS(=O)(=O)c2csc(C(=O)O)c2)c1. The molecule has 0 saturated carbocycles. The summed E-state index contributed by atoms with van der Waals surface area (Å²) >= 11 is 4.14. The van der Waals surface area contributed by atoms with Gasteiger partial charge in [0.2, 0.25) is 0 Å². The Kier molecular flexibility index (Phi) is 4.17. The van der Waals surface area contributed by atoms with Gasteiger partial charge in [-0.15, -0.1) is 11.3 Å². The average Bonchev–Trinajstić information content (AvgIpc) is 2.84. The van der Waals surface area contributed by atoms with E-state index in [4.69, 9.17) is 5.11 Å². The first-order valence-corrected chi connectivity index (χ1v) is 8.56. The number of carbonyl (C=O) groups is 1. The fourth-order valence-electron chi connectivity index (χ4n) is 1.49. The van der Waals surface area contributed by atoms with Crippen LogP contribution in [0.4, 0.5) is 5.69 Å². The highest BCUT2D eigenvalue weighted by Gasteiger charge is 2.19.